The van der Waals surface area contributed by atoms with Crippen LogP contribution in [0.5, 0.6) is 0 Å². The lowest BCUT2D eigenvalue weighted by atomic mass is 9.98. The van der Waals surface area contributed by atoms with Gasteiger partial charge < -0.3 is 4.90 Å². The Morgan fingerprint density at radius 1 is 1.13 bits per heavy atom. The molecule has 1 aromatic rings. The molecule has 1 amide bonds. The van der Waals surface area contributed by atoms with E-state index >= 15 is 0 Å². The van der Waals surface area contributed by atoms with Crippen LogP contribution in [0.4, 0.5) is 0 Å². The second-order valence-corrected chi connectivity index (χ2v) is 10.2. The van der Waals surface area contributed by atoms with Gasteiger partial charge >= 0.3 is 0 Å². The SMILES string of the molecule is CC(C)(C)S(=O)(=O)CC1CCN(C(=O)Cc2ccccc2)CC1. The van der Waals surface area contributed by atoms with Crippen LogP contribution in [0.2, 0.25) is 0 Å². The summed E-state index contributed by atoms with van der Waals surface area (Å²) in [6, 6.07) is 9.73. The van der Waals surface area contributed by atoms with E-state index in [-0.39, 0.29) is 17.6 Å². The van der Waals surface area contributed by atoms with E-state index < -0.39 is 14.6 Å². The second kappa shape index (κ2) is 7.04. The Morgan fingerprint density at radius 2 is 1.70 bits per heavy atom. The van der Waals surface area contributed by atoms with Crippen LogP contribution >= 0.6 is 0 Å². The molecular weight excluding hydrogens is 310 g/mol. The van der Waals surface area contributed by atoms with Crippen LogP contribution in [0.25, 0.3) is 0 Å². The maximum atomic E-state index is 12.3. The van der Waals surface area contributed by atoms with Gasteiger partial charge in [0.25, 0.3) is 0 Å². The third-order valence-corrected chi connectivity index (χ3v) is 7.33. The fraction of sp³-hybridized carbons (Fsp3) is 0.611. The zero-order valence-corrected chi connectivity index (χ0v) is 15.1. The van der Waals surface area contributed by atoms with Gasteiger partial charge in [0.2, 0.25) is 5.91 Å². The van der Waals surface area contributed by atoms with Gasteiger partial charge in [0.15, 0.2) is 9.84 Å². The number of piperidine rings is 1. The number of amides is 1. The van der Waals surface area contributed by atoms with Gasteiger partial charge in [-0.2, -0.15) is 0 Å². The predicted molar refractivity (Wildman–Crippen MR) is 93.0 cm³/mol. The molecule has 1 fully saturated rings. The summed E-state index contributed by atoms with van der Waals surface area (Å²) in [4.78, 5) is 14.2. The molecule has 2 rings (SSSR count). The van der Waals surface area contributed by atoms with Gasteiger partial charge in [0.1, 0.15) is 0 Å². The van der Waals surface area contributed by atoms with E-state index in [9.17, 15) is 13.2 Å². The van der Waals surface area contributed by atoms with Crippen molar-refractivity contribution in [3.05, 3.63) is 35.9 Å². The van der Waals surface area contributed by atoms with Crippen molar-refractivity contribution in [1.82, 2.24) is 4.90 Å². The quantitative estimate of drug-likeness (QED) is 0.849. The summed E-state index contributed by atoms with van der Waals surface area (Å²) in [6.45, 7) is 6.58. The van der Waals surface area contributed by atoms with Crippen molar-refractivity contribution in [3.63, 3.8) is 0 Å². The topological polar surface area (TPSA) is 54.5 Å². The van der Waals surface area contributed by atoms with E-state index in [2.05, 4.69) is 0 Å². The van der Waals surface area contributed by atoms with Crippen LogP contribution in [-0.4, -0.2) is 42.8 Å². The number of sulfone groups is 1. The molecule has 128 valence electrons. The highest BCUT2D eigenvalue weighted by Gasteiger charge is 2.33. The summed E-state index contributed by atoms with van der Waals surface area (Å²) < 4.78 is 23.9. The molecule has 1 aliphatic rings. The van der Waals surface area contributed by atoms with Gasteiger partial charge in [-0.15, -0.1) is 0 Å². The Balaban J connectivity index is 1.85. The third-order valence-electron chi connectivity index (χ3n) is 4.55. The number of benzene rings is 1. The van der Waals surface area contributed by atoms with Crippen LogP contribution < -0.4 is 0 Å². The van der Waals surface area contributed by atoms with E-state index in [1.54, 1.807) is 20.8 Å². The molecule has 1 aliphatic heterocycles. The van der Waals surface area contributed by atoms with Crippen LogP contribution in [-0.2, 0) is 21.1 Å². The van der Waals surface area contributed by atoms with E-state index in [0.717, 1.165) is 18.4 Å². The maximum absolute atomic E-state index is 12.3. The summed E-state index contributed by atoms with van der Waals surface area (Å²) in [5.74, 6) is 0.533. The van der Waals surface area contributed by atoms with Crippen molar-refractivity contribution in [2.75, 3.05) is 18.8 Å². The number of likely N-dealkylation sites (tertiary alicyclic amines) is 1. The van der Waals surface area contributed by atoms with Gasteiger partial charge in [-0.1, -0.05) is 30.3 Å². The zero-order valence-electron chi connectivity index (χ0n) is 14.3. The van der Waals surface area contributed by atoms with E-state index in [1.165, 1.54) is 0 Å². The highest BCUT2D eigenvalue weighted by molar-refractivity contribution is 7.92. The number of hydrogen-bond acceptors (Lipinski definition) is 3. The highest BCUT2D eigenvalue weighted by atomic mass is 32.2. The monoisotopic (exact) mass is 337 g/mol. The number of nitrogens with zero attached hydrogens (tertiary/aromatic N) is 1. The molecule has 23 heavy (non-hydrogen) atoms. The lowest BCUT2D eigenvalue weighted by Crippen LogP contribution is -2.42. The van der Waals surface area contributed by atoms with E-state index in [4.69, 9.17) is 0 Å². The van der Waals surface area contributed by atoms with Gasteiger partial charge in [0.05, 0.1) is 16.9 Å². The largest absolute Gasteiger partial charge is 0.342 e. The smallest absolute Gasteiger partial charge is 0.226 e. The molecule has 0 saturated carbocycles. The molecule has 0 aromatic heterocycles. The molecule has 0 atom stereocenters. The third kappa shape index (κ3) is 4.80. The maximum Gasteiger partial charge on any atom is 0.226 e. The van der Waals surface area contributed by atoms with Crippen LogP contribution in [0.15, 0.2) is 30.3 Å². The zero-order chi connectivity index (χ0) is 17.1. The minimum absolute atomic E-state index is 0.133. The first-order valence-electron chi connectivity index (χ1n) is 8.23. The average molecular weight is 337 g/mol. The fourth-order valence-corrected chi connectivity index (χ4v) is 4.25. The molecule has 1 heterocycles. The minimum Gasteiger partial charge on any atom is -0.342 e. The molecule has 0 aliphatic carbocycles. The summed E-state index contributed by atoms with van der Waals surface area (Å²) in [6.07, 6.45) is 1.97. The van der Waals surface area contributed by atoms with Crippen LogP contribution in [0.3, 0.4) is 0 Å². The van der Waals surface area contributed by atoms with Crippen molar-refractivity contribution < 1.29 is 13.2 Å². The van der Waals surface area contributed by atoms with Crippen molar-refractivity contribution >= 4 is 15.7 Å². The number of carbonyl (C=O) groups excluding carboxylic acids is 1. The van der Waals surface area contributed by atoms with Crippen LogP contribution in [0, 0.1) is 5.92 Å². The lowest BCUT2D eigenvalue weighted by Gasteiger charge is -2.33. The Labute approximate surface area is 139 Å². The molecule has 0 radical (unpaired) electrons. The Kier molecular flexibility index (Phi) is 5.50. The number of carbonyl (C=O) groups is 1. The molecule has 1 aromatic carbocycles. The molecule has 0 bridgehead atoms. The fourth-order valence-electron chi connectivity index (χ4n) is 2.79. The standard InChI is InChI=1S/C18H27NO3S/c1-18(2,3)23(21,22)14-16-9-11-19(12-10-16)17(20)13-15-7-5-4-6-8-15/h4-8,16H,9-14H2,1-3H3. The van der Waals surface area contributed by atoms with E-state index in [1.807, 2.05) is 35.2 Å². The van der Waals surface area contributed by atoms with Crippen LogP contribution in [0.1, 0.15) is 39.2 Å². The molecule has 0 unspecified atom stereocenters. The summed E-state index contributed by atoms with van der Waals surface area (Å²) in [5.41, 5.74) is 1.02. The Bertz CT molecular complexity index is 624. The first-order chi connectivity index (χ1) is 10.7. The summed E-state index contributed by atoms with van der Waals surface area (Å²) >= 11 is 0. The van der Waals surface area contributed by atoms with Crippen molar-refractivity contribution in [1.29, 1.82) is 0 Å². The summed E-state index contributed by atoms with van der Waals surface area (Å²) in [5, 5.41) is 0. The molecular formula is C18H27NO3S. The van der Waals surface area contributed by atoms with Crippen molar-refractivity contribution in [2.24, 2.45) is 5.92 Å². The average Bonchev–Trinajstić information content (AvgIpc) is 2.47. The van der Waals surface area contributed by atoms with Gasteiger partial charge in [-0.3, -0.25) is 4.79 Å². The molecule has 0 spiro atoms. The first-order valence-corrected chi connectivity index (χ1v) is 9.88. The van der Waals surface area contributed by atoms with Gasteiger partial charge in [-0.25, -0.2) is 8.42 Å². The van der Waals surface area contributed by atoms with Gasteiger partial charge in [-0.05, 0) is 45.1 Å². The molecule has 5 heteroatoms. The van der Waals surface area contributed by atoms with Crippen molar-refractivity contribution in [3.8, 4) is 0 Å². The number of hydrogen-bond donors (Lipinski definition) is 0. The Hall–Kier alpha value is -1.36. The van der Waals surface area contributed by atoms with Crippen molar-refractivity contribution in [2.45, 2.75) is 44.8 Å². The van der Waals surface area contributed by atoms with Gasteiger partial charge in [0, 0.05) is 13.1 Å². The second-order valence-electron chi connectivity index (χ2n) is 7.38. The minimum atomic E-state index is -3.09. The molecule has 1 saturated heterocycles. The molecule has 0 N–H and O–H groups in total. The highest BCUT2D eigenvalue weighted by Crippen LogP contribution is 2.25. The summed E-state index contributed by atoms with van der Waals surface area (Å²) in [7, 11) is -3.09. The lowest BCUT2D eigenvalue weighted by molar-refractivity contribution is -0.131. The first kappa shape index (κ1) is 18.0. The van der Waals surface area contributed by atoms with E-state index in [0.29, 0.717) is 19.5 Å². The normalized spacial score (nSPS) is 17.3. The predicted octanol–water partition coefficient (Wildman–Crippen LogP) is 2.68. The molecule has 4 nitrogen and oxygen atoms in total. The Morgan fingerprint density at radius 3 is 2.22 bits per heavy atom. The number of rotatable bonds is 4.